The molecule has 0 N–H and O–H groups in total. The van der Waals surface area contributed by atoms with E-state index in [1.54, 1.807) is 17.4 Å². The van der Waals surface area contributed by atoms with Crippen LogP contribution in [0.5, 0.6) is 0 Å². The van der Waals surface area contributed by atoms with Gasteiger partial charge in [-0.25, -0.2) is 14.8 Å². The number of aromatic nitrogens is 3. The maximum absolute atomic E-state index is 11.9. The largest absolute Gasteiger partial charge is 0.465 e. The normalized spacial score (nSPS) is 13.5. The Hall–Kier alpha value is -3.42. The van der Waals surface area contributed by atoms with Crippen molar-refractivity contribution in [1.29, 1.82) is 0 Å². The molecule has 0 saturated carbocycles. The fraction of sp³-hybridized carbons (Fsp3) is 0.200. The second kappa shape index (κ2) is 8.98. The zero-order valence-corrected chi connectivity index (χ0v) is 18.5. The van der Waals surface area contributed by atoms with E-state index in [9.17, 15) is 4.79 Å². The lowest BCUT2D eigenvalue weighted by Gasteiger charge is -2.27. The summed E-state index contributed by atoms with van der Waals surface area (Å²) in [6, 6.07) is 17.5. The number of rotatable bonds is 5. The number of ether oxygens (including phenoxy) is 1. The zero-order chi connectivity index (χ0) is 21.9. The SMILES string of the molecule is COC(=O)c1cccc(-c2cccc(CN3CCc4nc(-c5cccs5)ncc4C3)n2)c1. The van der Waals surface area contributed by atoms with Crippen LogP contribution < -0.4 is 0 Å². The van der Waals surface area contributed by atoms with Gasteiger partial charge in [-0.05, 0) is 35.7 Å². The van der Waals surface area contributed by atoms with E-state index in [1.807, 2.05) is 54.0 Å². The van der Waals surface area contributed by atoms with Gasteiger partial charge in [0.25, 0.3) is 0 Å². The minimum Gasteiger partial charge on any atom is -0.465 e. The van der Waals surface area contributed by atoms with E-state index in [0.29, 0.717) is 5.56 Å². The monoisotopic (exact) mass is 442 g/mol. The van der Waals surface area contributed by atoms with E-state index >= 15 is 0 Å². The van der Waals surface area contributed by atoms with Crippen molar-refractivity contribution in [3.8, 4) is 22.0 Å². The lowest BCUT2D eigenvalue weighted by atomic mass is 10.1. The second-order valence-electron chi connectivity index (χ2n) is 7.69. The predicted octanol–water partition coefficient (Wildman–Crippen LogP) is 4.61. The highest BCUT2D eigenvalue weighted by Crippen LogP contribution is 2.25. The highest BCUT2D eigenvalue weighted by molar-refractivity contribution is 7.13. The fourth-order valence-corrected chi connectivity index (χ4v) is 4.58. The van der Waals surface area contributed by atoms with Gasteiger partial charge >= 0.3 is 5.97 Å². The Labute approximate surface area is 190 Å². The van der Waals surface area contributed by atoms with Crippen LogP contribution in [0, 0.1) is 0 Å². The highest BCUT2D eigenvalue weighted by atomic mass is 32.1. The molecule has 7 heteroatoms. The molecular weight excluding hydrogens is 420 g/mol. The molecule has 0 aliphatic carbocycles. The number of carbonyl (C=O) groups is 1. The minimum absolute atomic E-state index is 0.348. The first kappa shape index (κ1) is 20.5. The Morgan fingerprint density at radius 2 is 2.03 bits per heavy atom. The van der Waals surface area contributed by atoms with Crippen molar-refractivity contribution < 1.29 is 9.53 Å². The van der Waals surface area contributed by atoms with Gasteiger partial charge in [-0.15, -0.1) is 11.3 Å². The lowest BCUT2D eigenvalue weighted by Crippen LogP contribution is -2.31. The molecule has 3 aromatic heterocycles. The molecule has 0 unspecified atom stereocenters. The van der Waals surface area contributed by atoms with Crippen molar-refractivity contribution >= 4 is 17.3 Å². The molecule has 5 rings (SSSR count). The van der Waals surface area contributed by atoms with Crippen LogP contribution in [-0.2, 0) is 24.2 Å². The summed E-state index contributed by atoms with van der Waals surface area (Å²) in [4.78, 5) is 29.6. The summed E-state index contributed by atoms with van der Waals surface area (Å²) >= 11 is 1.66. The quantitative estimate of drug-likeness (QED) is 0.421. The number of methoxy groups -OCH3 is 1. The Kier molecular flexibility index (Phi) is 5.75. The van der Waals surface area contributed by atoms with Gasteiger partial charge in [0.1, 0.15) is 0 Å². The minimum atomic E-state index is -0.348. The average molecular weight is 443 g/mol. The van der Waals surface area contributed by atoms with E-state index in [-0.39, 0.29) is 5.97 Å². The first-order chi connectivity index (χ1) is 15.7. The van der Waals surface area contributed by atoms with Crippen LogP contribution >= 0.6 is 11.3 Å². The summed E-state index contributed by atoms with van der Waals surface area (Å²) in [5.41, 5.74) is 5.57. The predicted molar refractivity (Wildman–Crippen MR) is 124 cm³/mol. The third kappa shape index (κ3) is 4.30. The molecule has 1 aromatic carbocycles. The van der Waals surface area contributed by atoms with Crippen LogP contribution in [0.4, 0.5) is 0 Å². The molecule has 160 valence electrons. The van der Waals surface area contributed by atoms with Gasteiger partial charge in [0.2, 0.25) is 0 Å². The maximum atomic E-state index is 11.9. The van der Waals surface area contributed by atoms with E-state index in [4.69, 9.17) is 14.7 Å². The summed E-state index contributed by atoms with van der Waals surface area (Å²) in [5, 5.41) is 2.05. The molecule has 4 aromatic rings. The number of thiophene rings is 1. The summed E-state index contributed by atoms with van der Waals surface area (Å²) in [7, 11) is 1.39. The maximum Gasteiger partial charge on any atom is 0.337 e. The molecular formula is C25H22N4O2S. The molecule has 0 fully saturated rings. The number of pyridine rings is 1. The summed E-state index contributed by atoms with van der Waals surface area (Å²) in [6.45, 7) is 2.48. The van der Waals surface area contributed by atoms with Gasteiger partial charge < -0.3 is 4.74 Å². The summed E-state index contributed by atoms with van der Waals surface area (Å²) in [5.74, 6) is 0.468. The van der Waals surface area contributed by atoms with E-state index < -0.39 is 0 Å². The van der Waals surface area contributed by atoms with E-state index in [1.165, 1.54) is 12.7 Å². The number of fused-ring (bicyclic) bond motifs is 1. The van der Waals surface area contributed by atoms with Crippen LogP contribution in [-0.4, -0.2) is 39.5 Å². The molecule has 0 spiro atoms. The van der Waals surface area contributed by atoms with E-state index in [2.05, 4.69) is 16.0 Å². The van der Waals surface area contributed by atoms with Gasteiger partial charge in [0.15, 0.2) is 5.82 Å². The van der Waals surface area contributed by atoms with Crippen molar-refractivity contribution in [2.45, 2.75) is 19.5 Å². The topological polar surface area (TPSA) is 68.2 Å². The Balaban J connectivity index is 1.31. The Morgan fingerprint density at radius 1 is 1.12 bits per heavy atom. The van der Waals surface area contributed by atoms with Crippen molar-refractivity contribution in [3.63, 3.8) is 0 Å². The number of hydrogen-bond donors (Lipinski definition) is 0. The van der Waals surface area contributed by atoms with E-state index in [0.717, 1.165) is 59.4 Å². The molecule has 0 bridgehead atoms. The summed E-state index contributed by atoms with van der Waals surface area (Å²) in [6.07, 6.45) is 2.86. The lowest BCUT2D eigenvalue weighted by molar-refractivity contribution is 0.0601. The van der Waals surface area contributed by atoms with Crippen LogP contribution in [0.15, 0.2) is 66.2 Å². The number of nitrogens with zero attached hydrogens (tertiary/aromatic N) is 4. The number of benzene rings is 1. The van der Waals surface area contributed by atoms with Gasteiger partial charge in [0, 0.05) is 43.4 Å². The van der Waals surface area contributed by atoms with Crippen molar-refractivity contribution in [3.05, 3.63) is 88.7 Å². The number of hydrogen-bond acceptors (Lipinski definition) is 7. The summed E-state index contributed by atoms with van der Waals surface area (Å²) < 4.78 is 4.83. The third-order valence-corrected chi connectivity index (χ3v) is 6.39. The van der Waals surface area contributed by atoms with Crippen molar-refractivity contribution in [2.24, 2.45) is 0 Å². The molecule has 0 amide bonds. The Morgan fingerprint density at radius 3 is 2.88 bits per heavy atom. The van der Waals surface area contributed by atoms with Crippen molar-refractivity contribution in [1.82, 2.24) is 19.9 Å². The first-order valence-corrected chi connectivity index (χ1v) is 11.3. The molecule has 4 heterocycles. The molecule has 0 atom stereocenters. The smallest absolute Gasteiger partial charge is 0.337 e. The fourth-order valence-electron chi connectivity index (χ4n) is 3.91. The van der Waals surface area contributed by atoms with Gasteiger partial charge in [-0.3, -0.25) is 9.88 Å². The molecule has 32 heavy (non-hydrogen) atoms. The zero-order valence-electron chi connectivity index (χ0n) is 17.7. The van der Waals surface area contributed by atoms with Crippen LogP contribution in [0.25, 0.3) is 22.0 Å². The standard InChI is InChI=1S/C25H22N4O2S/c1-31-25(30)18-6-2-5-17(13-18)21-8-3-7-20(27-21)16-29-11-10-22-19(15-29)14-26-24(28-22)23-9-4-12-32-23/h2-9,12-14H,10-11,15-16H2,1H3. The molecule has 6 nitrogen and oxygen atoms in total. The van der Waals surface area contributed by atoms with Crippen molar-refractivity contribution in [2.75, 3.05) is 13.7 Å². The second-order valence-corrected chi connectivity index (χ2v) is 8.64. The van der Waals surface area contributed by atoms with Gasteiger partial charge in [-0.2, -0.15) is 0 Å². The highest BCUT2D eigenvalue weighted by Gasteiger charge is 2.20. The number of carbonyl (C=O) groups excluding carboxylic acids is 1. The third-order valence-electron chi connectivity index (χ3n) is 5.53. The average Bonchev–Trinajstić information content (AvgIpc) is 3.38. The van der Waals surface area contributed by atoms with Crippen LogP contribution in [0.3, 0.4) is 0 Å². The first-order valence-electron chi connectivity index (χ1n) is 10.5. The molecule has 0 saturated heterocycles. The Bertz CT molecular complexity index is 1260. The molecule has 1 aliphatic rings. The molecule has 1 aliphatic heterocycles. The molecule has 0 radical (unpaired) electrons. The van der Waals surface area contributed by atoms with Gasteiger partial charge in [0.05, 0.1) is 34.6 Å². The van der Waals surface area contributed by atoms with Crippen LogP contribution in [0.2, 0.25) is 0 Å². The van der Waals surface area contributed by atoms with Crippen LogP contribution in [0.1, 0.15) is 27.3 Å². The number of esters is 1. The van der Waals surface area contributed by atoms with Gasteiger partial charge in [-0.1, -0.05) is 24.3 Å².